The Labute approximate surface area is 76.8 Å². The maximum absolute atomic E-state index is 12.7. The molecule has 13 heavy (non-hydrogen) atoms. The molecule has 0 saturated carbocycles. The summed E-state index contributed by atoms with van der Waals surface area (Å²) >= 11 is 0. The molecule has 0 amide bonds. The van der Waals surface area contributed by atoms with E-state index >= 15 is 0 Å². The quantitative estimate of drug-likeness (QED) is 0.718. The molecule has 0 aliphatic rings. The lowest BCUT2D eigenvalue weighted by Gasteiger charge is -2.08. The second-order valence-corrected chi connectivity index (χ2v) is 2.88. The van der Waals surface area contributed by atoms with Crippen LogP contribution in [0.25, 0.3) is 0 Å². The zero-order valence-electron chi connectivity index (χ0n) is 7.67. The van der Waals surface area contributed by atoms with E-state index in [9.17, 15) is 9.18 Å². The lowest BCUT2D eigenvalue weighted by atomic mass is 10.1. The highest BCUT2D eigenvalue weighted by Crippen LogP contribution is 2.06. The Morgan fingerprint density at radius 2 is 2.23 bits per heavy atom. The van der Waals surface area contributed by atoms with Crippen LogP contribution >= 0.6 is 0 Å². The summed E-state index contributed by atoms with van der Waals surface area (Å²) in [5, 5.41) is 2.81. The molecule has 1 aromatic rings. The van der Waals surface area contributed by atoms with Gasteiger partial charge >= 0.3 is 0 Å². The lowest BCUT2D eigenvalue weighted by molar-refractivity contribution is 0.0954. The summed E-state index contributed by atoms with van der Waals surface area (Å²) in [4.78, 5) is 11.5. The van der Waals surface area contributed by atoms with Crippen LogP contribution in [-0.4, -0.2) is 18.9 Å². The van der Waals surface area contributed by atoms with E-state index in [4.69, 9.17) is 0 Å². The topological polar surface area (TPSA) is 29.1 Å². The van der Waals surface area contributed by atoms with E-state index in [1.165, 1.54) is 18.2 Å². The minimum atomic E-state index is -0.380. The molecule has 0 aliphatic carbocycles. The summed E-state index contributed by atoms with van der Waals surface area (Å²) < 4.78 is 12.7. The molecule has 0 heterocycles. The van der Waals surface area contributed by atoms with Crippen LogP contribution in [0.5, 0.6) is 0 Å². The van der Waals surface area contributed by atoms with Crippen molar-refractivity contribution in [1.29, 1.82) is 0 Å². The molecule has 1 rings (SSSR count). The van der Waals surface area contributed by atoms with Crippen molar-refractivity contribution in [3.05, 3.63) is 35.6 Å². The van der Waals surface area contributed by atoms with Gasteiger partial charge in [0.25, 0.3) is 0 Å². The summed E-state index contributed by atoms with van der Waals surface area (Å²) in [5.41, 5.74) is 0.404. The van der Waals surface area contributed by atoms with Crippen LogP contribution in [0.1, 0.15) is 17.3 Å². The molecule has 70 valence electrons. The van der Waals surface area contributed by atoms with Gasteiger partial charge in [0.15, 0.2) is 5.78 Å². The van der Waals surface area contributed by atoms with E-state index in [1.54, 1.807) is 20.0 Å². The standard InChI is InChI=1S/C10H12FNO/c1-7(12-2)10(13)8-4-3-5-9(11)6-8/h3-7,12H,1-2H3/t7-/m1/s1. The first-order valence-corrected chi connectivity index (χ1v) is 4.12. The molecular formula is C10H12FNO. The summed E-state index contributed by atoms with van der Waals surface area (Å²) in [6.07, 6.45) is 0. The van der Waals surface area contributed by atoms with Crippen molar-refractivity contribution in [3.8, 4) is 0 Å². The maximum atomic E-state index is 12.7. The number of Topliss-reactive ketones (excluding diaryl/α,β-unsaturated/α-hetero) is 1. The predicted molar refractivity (Wildman–Crippen MR) is 49.3 cm³/mol. The van der Waals surface area contributed by atoms with E-state index in [-0.39, 0.29) is 17.6 Å². The normalized spacial score (nSPS) is 12.5. The van der Waals surface area contributed by atoms with E-state index in [2.05, 4.69) is 5.32 Å². The maximum Gasteiger partial charge on any atom is 0.179 e. The zero-order valence-corrected chi connectivity index (χ0v) is 7.67. The number of likely N-dealkylation sites (N-methyl/N-ethyl adjacent to an activating group) is 1. The average Bonchev–Trinajstić information content (AvgIpc) is 2.15. The molecule has 3 heteroatoms. The molecule has 0 aliphatic heterocycles. The number of hydrogen-bond acceptors (Lipinski definition) is 2. The van der Waals surface area contributed by atoms with Gasteiger partial charge in [-0.25, -0.2) is 4.39 Å². The molecule has 0 radical (unpaired) electrons. The van der Waals surface area contributed by atoms with Crippen molar-refractivity contribution < 1.29 is 9.18 Å². The van der Waals surface area contributed by atoms with Gasteiger partial charge in [-0.3, -0.25) is 4.79 Å². The Morgan fingerprint density at radius 3 is 2.77 bits per heavy atom. The summed E-state index contributed by atoms with van der Waals surface area (Å²) in [6, 6.07) is 5.43. The van der Waals surface area contributed by atoms with Crippen LogP contribution in [0.15, 0.2) is 24.3 Å². The van der Waals surface area contributed by atoms with Crippen molar-refractivity contribution in [1.82, 2.24) is 5.32 Å². The SMILES string of the molecule is CN[C@H](C)C(=O)c1cccc(F)c1. The first-order chi connectivity index (χ1) is 6.15. The Balaban J connectivity index is 2.89. The second-order valence-electron chi connectivity index (χ2n) is 2.88. The molecule has 0 spiro atoms. The number of ketones is 1. The van der Waals surface area contributed by atoms with Gasteiger partial charge in [0.1, 0.15) is 5.82 Å². The van der Waals surface area contributed by atoms with E-state index in [0.29, 0.717) is 5.56 Å². The first kappa shape index (κ1) is 9.86. The molecule has 2 nitrogen and oxygen atoms in total. The van der Waals surface area contributed by atoms with Crippen molar-refractivity contribution in [2.45, 2.75) is 13.0 Å². The number of rotatable bonds is 3. The molecule has 1 aromatic carbocycles. The fourth-order valence-electron chi connectivity index (χ4n) is 1.02. The predicted octanol–water partition coefficient (Wildman–Crippen LogP) is 1.62. The second kappa shape index (κ2) is 4.14. The Morgan fingerprint density at radius 1 is 1.54 bits per heavy atom. The molecule has 0 fully saturated rings. The van der Waals surface area contributed by atoms with Gasteiger partial charge in [-0.15, -0.1) is 0 Å². The minimum absolute atomic E-state index is 0.0954. The van der Waals surface area contributed by atoms with Gasteiger partial charge in [-0.05, 0) is 26.1 Å². The molecule has 0 bridgehead atoms. The third kappa shape index (κ3) is 2.36. The van der Waals surface area contributed by atoms with E-state index in [0.717, 1.165) is 0 Å². The van der Waals surface area contributed by atoms with Crippen molar-refractivity contribution in [2.75, 3.05) is 7.05 Å². The summed E-state index contributed by atoms with van der Waals surface area (Å²) in [6.45, 7) is 1.74. The average molecular weight is 181 g/mol. The van der Waals surface area contributed by atoms with Crippen LogP contribution < -0.4 is 5.32 Å². The number of halogens is 1. The summed E-state index contributed by atoms with van der Waals surface area (Å²) in [5.74, 6) is -0.476. The van der Waals surface area contributed by atoms with Crippen LogP contribution in [-0.2, 0) is 0 Å². The molecule has 0 saturated heterocycles. The van der Waals surface area contributed by atoms with Crippen LogP contribution in [0.2, 0.25) is 0 Å². The highest BCUT2D eigenvalue weighted by atomic mass is 19.1. The van der Waals surface area contributed by atoms with E-state index < -0.39 is 0 Å². The first-order valence-electron chi connectivity index (χ1n) is 4.12. The molecule has 1 atom stereocenters. The number of carbonyl (C=O) groups excluding carboxylic acids is 1. The highest BCUT2D eigenvalue weighted by molar-refractivity contribution is 5.99. The Hall–Kier alpha value is -1.22. The van der Waals surface area contributed by atoms with Crippen LogP contribution in [0.3, 0.4) is 0 Å². The smallest absolute Gasteiger partial charge is 0.179 e. The molecule has 0 unspecified atom stereocenters. The Bertz CT molecular complexity index is 312. The largest absolute Gasteiger partial charge is 0.310 e. The van der Waals surface area contributed by atoms with Crippen LogP contribution in [0.4, 0.5) is 4.39 Å². The number of nitrogens with one attached hydrogen (secondary N) is 1. The van der Waals surface area contributed by atoms with E-state index in [1.807, 2.05) is 0 Å². The number of benzene rings is 1. The lowest BCUT2D eigenvalue weighted by Crippen LogP contribution is -2.30. The van der Waals surface area contributed by atoms with Gasteiger partial charge < -0.3 is 5.32 Å². The Kier molecular flexibility index (Phi) is 3.14. The summed E-state index contributed by atoms with van der Waals surface area (Å²) in [7, 11) is 1.70. The monoisotopic (exact) mass is 181 g/mol. The van der Waals surface area contributed by atoms with Crippen molar-refractivity contribution in [2.24, 2.45) is 0 Å². The van der Waals surface area contributed by atoms with Crippen molar-refractivity contribution in [3.63, 3.8) is 0 Å². The highest BCUT2D eigenvalue weighted by Gasteiger charge is 2.12. The van der Waals surface area contributed by atoms with Gasteiger partial charge in [-0.1, -0.05) is 12.1 Å². The minimum Gasteiger partial charge on any atom is -0.310 e. The fourth-order valence-corrected chi connectivity index (χ4v) is 1.02. The number of carbonyl (C=O) groups is 1. The third-order valence-corrected chi connectivity index (χ3v) is 1.94. The van der Waals surface area contributed by atoms with Gasteiger partial charge in [0.2, 0.25) is 0 Å². The zero-order chi connectivity index (χ0) is 9.84. The fraction of sp³-hybridized carbons (Fsp3) is 0.300. The number of hydrogen-bond donors (Lipinski definition) is 1. The van der Waals surface area contributed by atoms with Gasteiger partial charge in [0, 0.05) is 5.56 Å². The molecule has 0 aromatic heterocycles. The molecule has 1 N–H and O–H groups in total. The third-order valence-electron chi connectivity index (χ3n) is 1.94. The molecular weight excluding hydrogens is 169 g/mol. The van der Waals surface area contributed by atoms with Crippen LogP contribution in [0, 0.1) is 5.82 Å². The van der Waals surface area contributed by atoms with Gasteiger partial charge in [-0.2, -0.15) is 0 Å². The van der Waals surface area contributed by atoms with Crippen molar-refractivity contribution >= 4 is 5.78 Å². The van der Waals surface area contributed by atoms with Gasteiger partial charge in [0.05, 0.1) is 6.04 Å².